The molecule has 1 saturated heterocycles. The maximum absolute atomic E-state index is 11.4. The monoisotopic (exact) mass is 384 g/mol. The zero-order chi connectivity index (χ0) is 17.2. The number of aliphatic hydroxyl groups excluding tert-OH is 1. The maximum Gasteiger partial charge on any atom is 0.318 e. The smallest absolute Gasteiger partial charge is 0.318 e. The van der Waals surface area contributed by atoms with Crippen molar-refractivity contribution in [3.8, 4) is 0 Å². The molecule has 1 unspecified atom stereocenters. The normalized spacial score (nSPS) is 19.3. The molecular weight excluding hydrogens is 371 g/mol. The number of alkyl halides is 3. The average molecular weight is 386 g/mol. The van der Waals surface area contributed by atoms with E-state index in [-0.39, 0.29) is 12.4 Å². The average Bonchev–Trinajstić information content (AvgIpc) is 2.85. The highest BCUT2D eigenvalue weighted by Gasteiger charge is 2.44. The Kier molecular flexibility index (Phi) is 5.61. The van der Waals surface area contributed by atoms with Crippen LogP contribution in [0.1, 0.15) is 17.9 Å². The summed E-state index contributed by atoms with van der Waals surface area (Å²) in [7, 11) is 0. The lowest BCUT2D eigenvalue weighted by molar-refractivity contribution is -0.438. The molecule has 11 heteroatoms. The van der Waals surface area contributed by atoms with Gasteiger partial charge in [0, 0.05) is 19.2 Å². The van der Waals surface area contributed by atoms with Gasteiger partial charge in [-0.25, -0.2) is 0 Å². The summed E-state index contributed by atoms with van der Waals surface area (Å²) in [6, 6.07) is 1.73. The van der Waals surface area contributed by atoms with Gasteiger partial charge in [-0.3, -0.25) is 10.1 Å². The van der Waals surface area contributed by atoms with E-state index in [1.54, 1.807) is 17.9 Å². The fraction of sp³-hybridized carbons (Fsp3) is 0.583. The Morgan fingerprint density at radius 2 is 2.35 bits per heavy atom. The Bertz CT molecular complexity index is 614. The van der Waals surface area contributed by atoms with Gasteiger partial charge in [-0.15, -0.1) is 0 Å². The third-order valence-corrected chi connectivity index (χ3v) is 3.87. The molecule has 0 radical (unpaired) electrons. The summed E-state index contributed by atoms with van der Waals surface area (Å²) >= 11 is 16.9. The lowest BCUT2D eigenvalue weighted by Crippen LogP contribution is -2.44. The van der Waals surface area contributed by atoms with Crippen LogP contribution in [0.5, 0.6) is 0 Å². The number of aryl methyl sites for hydroxylation is 1. The molecule has 0 spiro atoms. The Balaban J connectivity index is 2.37. The lowest BCUT2D eigenvalue weighted by Gasteiger charge is -2.32. The maximum atomic E-state index is 11.4. The van der Waals surface area contributed by atoms with Crippen LogP contribution in [0.25, 0.3) is 0 Å². The van der Waals surface area contributed by atoms with Crippen LogP contribution in [0.2, 0.25) is 0 Å². The first-order valence-corrected chi connectivity index (χ1v) is 7.88. The van der Waals surface area contributed by atoms with Crippen molar-refractivity contribution in [3.63, 3.8) is 0 Å². The molecular formula is C12H15Cl3N4O4. The SMILES string of the molecule is Cc1cc(CN2CCCN/C2=C(/C(O)C(Cl)(Cl)Cl)[N+](=O)[O-])on1. The van der Waals surface area contributed by atoms with E-state index in [1.807, 2.05) is 0 Å². The van der Waals surface area contributed by atoms with E-state index in [0.717, 1.165) is 6.42 Å². The van der Waals surface area contributed by atoms with Crippen LogP contribution in [0, 0.1) is 17.0 Å². The molecule has 8 nitrogen and oxygen atoms in total. The first-order chi connectivity index (χ1) is 10.7. The molecule has 1 aliphatic heterocycles. The predicted octanol–water partition coefficient (Wildman–Crippen LogP) is 1.96. The molecule has 0 saturated carbocycles. The molecule has 2 N–H and O–H groups in total. The molecule has 1 aromatic heterocycles. The van der Waals surface area contributed by atoms with Gasteiger partial charge in [-0.05, 0) is 13.3 Å². The van der Waals surface area contributed by atoms with Gasteiger partial charge in [0.05, 0.1) is 17.2 Å². The van der Waals surface area contributed by atoms with Gasteiger partial charge in [0.25, 0.3) is 0 Å². The van der Waals surface area contributed by atoms with Gasteiger partial charge in [-0.1, -0.05) is 40.0 Å². The molecule has 0 amide bonds. The Hall–Kier alpha value is -1.22. The molecule has 2 heterocycles. The number of halogens is 3. The number of hydrogen-bond acceptors (Lipinski definition) is 7. The molecule has 0 aromatic carbocycles. The lowest BCUT2D eigenvalue weighted by atomic mass is 10.2. The molecule has 0 bridgehead atoms. The van der Waals surface area contributed by atoms with Crippen LogP contribution >= 0.6 is 34.8 Å². The van der Waals surface area contributed by atoms with Crippen molar-refractivity contribution in [3.05, 3.63) is 39.2 Å². The number of aromatic nitrogens is 1. The number of rotatable bonds is 4. The Labute approximate surface area is 147 Å². The van der Waals surface area contributed by atoms with E-state index in [2.05, 4.69) is 10.5 Å². The number of nitro groups is 1. The summed E-state index contributed by atoms with van der Waals surface area (Å²) in [5.74, 6) is 0.642. The second kappa shape index (κ2) is 7.12. The summed E-state index contributed by atoms with van der Waals surface area (Å²) in [4.78, 5) is 12.3. The van der Waals surface area contributed by atoms with Crippen molar-refractivity contribution >= 4 is 34.8 Å². The van der Waals surface area contributed by atoms with Gasteiger partial charge >= 0.3 is 5.70 Å². The van der Waals surface area contributed by atoms with Crippen molar-refractivity contribution in [2.75, 3.05) is 13.1 Å². The zero-order valence-corrected chi connectivity index (χ0v) is 14.4. The highest BCUT2D eigenvalue weighted by Crippen LogP contribution is 2.35. The van der Waals surface area contributed by atoms with Crippen molar-refractivity contribution in [2.24, 2.45) is 0 Å². The summed E-state index contributed by atoms with van der Waals surface area (Å²) in [5.41, 5.74) is 0.104. The first-order valence-electron chi connectivity index (χ1n) is 6.74. The number of nitrogens with zero attached hydrogens (tertiary/aromatic N) is 3. The van der Waals surface area contributed by atoms with E-state index < -0.39 is 20.5 Å². The third kappa shape index (κ3) is 4.41. The molecule has 1 aliphatic rings. The van der Waals surface area contributed by atoms with Crippen LogP contribution < -0.4 is 5.32 Å². The highest BCUT2D eigenvalue weighted by atomic mass is 35.6. The van der Waals surface area contributed by atoms with Crippen LogP contribution in [0.3, 0.4) is 0 Å². The molecule has 128 valence electrons. The van der Waals surface area contributed by atoms with E-state index >= 15 is 0 Å². The van der Waals surface area contributed by atoms with Crippen LogP contribution in [-0.4, -0.2) is 43.1 Å². The largest absolute Gasteiger partial charge is 0.378 e. The third-order valence-electron chi connectivity index (χ3n) is 3.25. The van der Waals surface area contributed by atoms with Crippen LogP contribution in [0.4, 0.5) is 0 Å². The highest BCUT2D eigenvalue weighted by molar-refractivity contribution is 6.68. The standard InChI is InChI=1S/C12H15Cl3N4O4/c1-7-5-8(23-17-7)6-18-4-2-3-16-11(18)9(19(21)22)10(20)12(13,14)15/h5,10,16,20H,2-4,6H2,1H3/b11-9+. The van der Waals surface area contributed by atoms with Gasteiger partial charge in [0.2, 0.25) is 3.79 Å². The second-order valence-electron chi connectivity index (χ2n) is 5.07. The molecule has 1 fully saturated rings. The molecule has 1 aromatic rings. The van der Waals surface area contributed by atoms with Gasteiger partial charge in [0.1, 0.15) is 0 Å². The van der Waals surface area contributed by atoms with E-state index in [1.165, 1.54) is 0 Å². The van der Waals surface area contributed by atoms with Crippen LogP contribution in [-0.2, 0) is 6.54 Å². The Morgan fingerprint density at radius 1 is 1.65 bits per heavy atom. The fourth-order valence-electron chi connectivity index (χ4n) is 2.26. The molecule has 23 heavy (non-hydrogen) atoms. The Morgan fingerprint density at radius 3 is 2.87 bits per heavy atom. The topological polar surface area (TPSA) is 105 Å². The predicted molar refractivity (Wildman–Crippen MR) is 84.6 cm³/mol. The molecule has 0 aliphatic carbocycles. The van der Waals surface area contributed by atoms with Crippen molar-refractivity contribution < 1.29 is 14.6 Å². The van der Waals surface area contributed by atoms with Gasteiger partial charge in [0.15, 0.2) is 17.7 Å². The van der Waals surface area contributed by atoms with Crippen molar-refractivity contribution in [1.29, 1.82) is 0 Å². The summed E-state index contributed by atoms with van der Waals surface area (Å²) in [5, 5.41) is 28.1. The fourth-order valence-corrected chi connectivity index (χ4v) is 2.57. The minimum absolute atomic E-state index is 0.106. The number of nitrogens with one attached hydrogen (secondary N) is 1. The quantitative estimate of drug-likeness (QED) is 0.464. The van der Waals surface area contributed by atoms with Crippen LogP contribution in [0.15, 0.2) is 22.1 Å². The van der Waals surface area contributed by atoms with E-state index in [4.69, 9.17) is 39.3 Å². The van der Waals surface area contributed by atoms with Gasteiger partial charge in [-0.2, -0.15) is 0 Å². The second-order valence-corrected chi connectivity index (χ2v) is 7.44. The number of hydrogen-bond donors (Lipinski definition) is 2. The zero-order valence-electron chi connectivity index (χ0n) is 12.1. The van der Waals surface area contributed by atoms with Crippen molar-refractivity contribution in [1.82, 2.24) is 15.4 Å². The summed E-state index contributed by atoms with van der Waals surface area (Å²) in [6.45, 7) is 3.04. The minimum Gasteiger partial charge on any atom is -0.378 e. The molecule has 2 rings (SSSR count). The van der Waals surface area contributed by atoms with Gasteiger partial charge < -0.3 is 19.8 Å². The van der Waals surface area contributed by atoms with E-state index in [9.17, 15) is 15.2 Å². The summed E-state index contributed by atoms with van der Waals surface area (Å²) in [6.07, 6.45) is -1.13. The van der Waals surface area contributed by atoms with Crippen molar-refractivity contribution in [2.45, 2.75) is 29.8 Å². The first kappa shape index (κ1) is 18.1. The summed E-state index contributed by atoms with van der Waals surface area (Å²) < 4.78 is 2.91. The minimum atomic E-state index is -2.22. The molecule has 1 atom stereocenters. The number of aliphatic hydroxyl groups is 1. The van der Waals surface area contributed by atoms with E-state index in [0.29, 0.717) is 24.5 Å².